The van der Waals surface area contributed by atoms with Gasteiger partial charge in [0, 0.05) is 17.0 Å². The summed E-state index contributed by atoms with van der Waals surface area (Å²) in [6.45, 7) is 1.65. The average molecular weight is 284 g/mol. The van der Waals surface area contributed by atoms with Gasteiger partial charge in [0.05, 0.1) is 11.7 Å². The minimum absolute atomic E-state index is 0.00346. The van der Waals surface area contributed by atoms with E-state index in [9.17, 15) is 17.6 Å². The summed E-state index contributed by atoms with van der Waals surface area (Å²) in [4.78, 5) is 0. The molecule has 5 heteroatoms. The second kappa shape index (κ2) is 3.64. The zero-order valence-electron chi connectivity index (χ0n) is 10.7. The molecule has 1 aliphatic carbocycles. The fourth-order valence-corrected chi connectivity index (χ4v) is 4.16. The standard InChI is InChI=1S/C15H12F4O/c1-15-7-5-3-2-4-6(7)14(20-15)8-9(15)11(17)13(19)12(18)10(8)16/h2-3,6-7,14H,4-5H2,1H3. The molecule has 3 aliphatic rings. The van der Waals surface area contributed by atoms with Crippen molar-refractivity contribution >= 4 is 0 Å². The van der Waals surface area contributed by atoms with Crippen molar-refractivity contribution in [2.24, 2.45) is 11.8 Å². The van der Waals surface area contributed by atoms with Gasteiger partial charge in [-0.05, 0) is 25.7 Å². The number of hydrogen-bond donors (Lipinski definition) is 0. The molecular weight excluding hydrogens is 272 g/mol. The van der Waals surface area contributed by atoms with Gasteiger partial charge in [-0.15, -0.1) is 0 Å². The molecule has 4 rings (SSSR count). The predicted octanol–water partition coefficient (Wildman–Crippen LogP) is 4.13. The maximum atomic E-state index is 14.1. The lowest BCUT2D eigenvalue weighted by atomic mass is 9.65. The van der Waals surface area contributed by atoms with Gasteiger partial charge in [-0.3, -0.25) is 0 Å². The Bertz CT molecular complexity index is 654. The summed E-state index contributed by atoms with van der Waals surface area (Å²) in [5, 5.41) is 0. The lowest BCUT2D eigenvalue weighted by Crippen LogP contribution is -2.36. The molecule has 0 amide bonds. The van der Waals surface area contributed by atoms with Gasteiger partial charge in [0.2, 0.25) is 0 Å². The van der Waals surface area contributed by atoms with Crippen LogP contribution in [-0.4, -0.2) is 0 Å². The summed E-state index contributed by atoms with van der Waals surface area (Å²) in [6.07, 6.45) is 4.63. The zero-order chi connectivity index (χ0) is 14.2. The average Bonchev–Trinajstić information content (AvgIpc) is 2.92. The lowest BCUT2D eigenvalue weighted by molar-refractivity contribution is -0.0288. The molecule has 4 unspecified atom stereocenters. The smallest absolute Gasteiger partial charge is 0.197 e. The molecule has 0 aromatic heterocycles. The highest BCUT2D eigenvalue weighted by Gasteiger charge is 2.62. The quantitative estimate of drug-likeness (QED) is 0.301. The van der Waals surface area contributed by atoms with Crippen LogP contribution >= 0.6 is 0 Å². The Hall–Kier alpha value is -1.36. The van der Waals surface area contributed by atoms with Crippen LogP contribution in [0.1, 0.15) is 37.0 Å². The molecule has 4 atom stereocenters. The van der Waals surface area contributed by atoms with E-state index in [0.29, 0.717) is 12.8 Å². The molecule has 2 heterocycles. The molecule has 2 bridgehead atoms. The minimum atomic E-state index is -1.75. The second-order valence-electron chi connectivity index (χ2n) is 5.90. The van der Waals surface area contributed by atoms with E-state index in [2.05, 4.69) is 0 Å². The Morgan fingerprint density at radius 1 is 1.00 bits per heavy atom. The van der Waals surface area contributed by atoms with Gasteiger partial charge in [-0.25, -0.2) is 17.6 Å². The van der Waals surface area contributed by atoms with Crippen LogP contribution in [0.25, 0.3) is 0 Å². The molecule has 0 spiro atoms. The van der Waals surface area contributed by atoms with Crippen molar-refractivity contribution in [2.45, 2.75) is 31.5 Å². The van der Waals surface area contributed by atoms with Gasteiger partial charge in [0.25, 0.3) is 0 Å². The Morgan fingerprint density at radius 3 is 2.40 bits per heavy atom. The summed E-state index contributed by atoms with van der Waals surface area (Å²) in [5.74, 6) is -6.14. The molecule has 1 nitrogen and oxygen atoms in total. The highest BCUT2D eigenvalue weighted by atomic mass is 19.2. The first kappa shape index (κ1) is 12.4. The van der Waals surface area contributed by atoms with Gasteiger partial charge in [-0.1, -0.05) is 12.2 Å². The maximum Gasteiger partial charge on any atom is 0.197 e. The number of allylic oxidation sites excluding steroid dienone is 2. The molecule has 1 aromatic rings. The van der Waals surface area contributed by atoms with Gasteiger partial charge in [0.15, 0.2) is 23.3 Å². The van der Waals surface area contributed by atoms with Crippen LogP contribution in [0.4, 0.5) is 17.6 Å². The fourth-order valence-electron chi connectivity index (χ4n) is 4.16. The molecule has 1 saturated heterocycles. The molecule has 0 saturated carbocycles. The number of hydrogen-bond acceptors (Lipinski definition) is 1. The van der Waals surface area contributed by atoms with E-state index >= 15 is 0 Å². The lowest BCUT2D eigenvalue weighted by Gasteiger charge is -2.36. The summed E-state index contributed by atoms with van der Waals surface area (Å²) in [7, 11) is 0. The normalized spacial score (nSPS) is 37.1. The predicted molar refractivity (Wildman–Crippen MR) is 62.8 cm³/mol. The van der Waals surface area contributed by atoms with Crippen LogP contribution in [0.3, 0.4) is 0 Å². The number of fused-ring (bicyclic) bond motifs is 8. The van der Waals surface area contributed by atoms with E-state index in [1.54, 1.807) is 6.92 Å². The SMILES string of the molecule is CC12OC(c3c(F)c(F)c(F)c(F)c31)C1CC=CCC12. The maximum absolute atomic E-state index is 14.1. The zero-order valence-corrected chi connectivity index (χ0v) is 10.7. The van der Waals surface area contributed by atoms with Gasteiger partial charge in [0.1, 0.15) is 0 Å². The second-order valence-corrected chi connectivity index (χ2v) is 5.90. The third-order valence-corrected chi connectivity index (χ3v) is 5.03. The van der Waals surface area contributed by atoms with E-state index < -0.39 is 35.0 Å². The summed E-state index contributed by atoms with van der Waals surface area (Å²) in [6, 6.07) is 0. The third-order valence-electron chi connectivity index (χ3n) is 5.03. The van der Waals surface area contributed by atoms with Crippen molar-refractivity contribution in [3.8, 4) is 0 Å². The van der Waals surface area contributed by atoms with E-state index in [1.807, 2.05) is 12.2 Å². The van der Waals surface area contributed by atoms with Crippen molar-refractivity contribution in [1.29, 1.82) is 0 Å². The van der Waals surface area contributed by atoms with Crippen LogP contribution in [0.5, 0.6) is 0 Å². The number of benzene rings is 1. The third kappa shape index (κ3) is 1.18. The van der Waals surface area contributed by atoms with Crippen molar-refractivity contribution in [2.75, 3.05) is 0 Å². The van der Waals surface area contributed by atoms with Crippen LogP contribution < -0.4 is 0 Å². The Morgan fingerprint density at radius 2 is 1.65 bits per heavy atom. The molecule has 106 valence electrons. The molecule has 0 radical (unpaired) electrons. The first-order valence-electron chi connectivity index (χ1n) is 6.66. The van der Waals surface area contributed by atoms with E-state index in [0.717, 1.165) is 0 Å². The van der Waals surface area contributed by atoms with Crippen molar-refractivity contribution < 1.29 is 22.3 Å². The van der Waals surface area contributed by atoms with Crippen molar-refractivity contribution in [3.63, 3.8) is 0 Å². The summed E-state index contributed by atoms with van der Waals surface area (Å²) in [5.41, 5.74) is -1.33. The Labute approximate surface area is 113 Å². The highest BCUT2D eigenvalue weighted by Crippen LogP contribution is 2.64. The molecule has 1 fully saturated rings. The molecule has 20 heavy (non-hydrogen) atoms. The summed E-state index contributed by atoms with van der Waals surface area (Å²) >= 11 is 0. The Balaban J connectivity index is 2.02. The first-order chi connectivity index (χ1) is 9.47. The van der Waals surface area contributed by atoms with Crippen molar-refractivity contribution in [3.05, 3.63) is 46.5 Å². The fraction of sp³-hybridized carbons (Fsp3) is 0.467. The number of halogens is 4. The van der Waals surface area contributed by atoms with Crippen LogP contribution in [0.15, 0.2) is 12.2 Å². The van der Waals surface area contributed by atoms with Gasteiger partial charge < -0.3 is 4.74 Å². The molecule has 2 aliphatic heterocycles. The number of rotatable bonds is 0. The minimum Gasteiger partial charge on any atom is -0.362 e. The largest absolute Gasteiger partial charge is 0.362 e. The van der Waals surface area contributed by atoms with Gasteiger partial charge >= 0.3 is 0 Å². The van der Waals surface area contributed by atoms with Crippen LogP contribution in [0, 0.1) is 35.1 Å². The van der Waals surface area contributed by atoms with Crippen LogP contribution in [0.2, 0.25) is 0 Å². The van der Waals surface area contributed by atoms with Gasteiger partial charge in [-0.2, -0.15) is 0 Å². The topological polar surface area (TPSA) is 9.23 Å². The summed E-state index contributed by atoms with van der Waals surface area (Å²) < 4.78 is 60.9. The van der Waals surface area contributed by atoms with E-state index in [-0.39, 0.29) is 23.0 Å². The van der Waals surface area contributed by atoms with Crippen molar-refractivity contribution in [1.82, 2.24) is 0 Å². The highest BCUT2D eigenvalue weighted by molar-refractivity contribution is 5.46. The first-order valence-corrected chi connectivity index (χ1v) is 6.66. The molecular formula is C15H12F4O. The Kier molecular flexibility index (Phi) is 2.25. The monoisotopic (exact) mass is 284 g/mol. The molecule has 1 aromatic carbocycles. The van der Waals surface area contributed by atoms with Crippen LogP contribution in [-0.2, 0) is 10.3 Å². The molecule has 0 N–H and O–H groups in total. The van der Waals surface area contributed by atoms with E-state index in [1.165, 1.54) is 0 Å². The van der Waals surface area contributed by atoms with E-state index in [4.69, 9.17) is 4.74 Å². The number of ether oxygens (including phenoxy) is 1.